The van der Waals surface area contributed by atoms with Crippen LogP contribution in [-0.4, -0.2) is 14.8 Å². The van der Waals surface area contributed by atoms with Gasteiger partial charge in [-0.25, -0.2) is 9.67 Å². The van der Waals surface area contributed by atoms with Crippen molar-refractivity contribution in [2.75, 3.05) is 0 Å². The van der Waals surface area contributed by atoms with Gasteiger partial charge in [0.25, 0.3) is 5.56 Å². The molecule has 136 valence electrons. The molecule has 5 rings (SSSR count). The smallest absolute Gasteiger partial charge is 0.265 e. The number of aryl methyl sites for hydroxylation is 1. The second-order valence-corrected chi connectivity index (χ2v) is 7.93. The largest absolute Gasteiger partial charge is 0.294 e. The molecule has 0 radical (unpaired) electrons. The summed E-state index contributed by atoms with van der Waals surface area (Å²) in [4.78, 5) is 17.6. The van der Waals surface area contributed by atoms with Crippen LogP contribution in [-0.2, 0) is 6.54 Å². The van der Waals surface area contributed by atoms with Crippen LogP contribution in [0.1, 0.15) is 10.6 Å². The summed E-state index contributed by atoms with van der Waals surface area (Å²) in [6, 6.07) is 24.3. The van der Waals surface area contributed by atoms with E-state index in [2.05, 4.69) is 29.2 Å². The highest BCUT2D eigenvalue weighted by atomic mass is 32.1. The van der Waals surface area contributed by atoms with E-state index in [0.717, 1.165) is 37.3 Å². The van der Waals surface area contributed by atoms with E-state index < -0.39 is 0 Å². The molecule has 0 N–H and O–H groups in total. The molecule has 0 bridgehead atoms. The van der Waals surface area contributed by atoms with Crippen LogP contribution in [0.5, 0.6) is 0 Å². The van der Waals surface area contributed by atoms with Crippen molar-refractivity contribution in [3.05, 3.63) is 93.7 Å². The number of benzene rings is 3. The Hall–Kier alpha value is -3.31. The average Bonchev–Trinajstić information content (AvgIpc) is 3.13. The fraction of sp³-hybridized carbons (Fsp3) is 0.0870. The van der Waals surface area contributed by atoms with Crippen molar-refractivity contribution >= 4 is 32.3 Å². The highest BCUT2D eigenvalue weighted by Crippen LogP contribution is 2.29. The second kappa shape index (κ2) is 6.69. The van der Waals surface area contributed by atoms with Crippen LogP contribution in [0.3, 0.4) is 0 Å². The van der Waals surface area contributed by atoms with Gasteiger partial charge in [0.1, 0.15) is 5.69 Å². The van der Waals surface area contributed by atoms with Crippen molar-refractivity contribution in [2.45, 2.75) is 13.5 Å². The number of hydrogen-bond acceptors (Lipinski definition) is 4. The molecule has 0 amide bonds. The number of fused-ring (bicyclic) bond motifs is 2. The van der Waals surface area contributed by atoms with E-state index in [0.29, 0.717) is 12.1 Å². The molecule has 0 aliphatic carbocycles. The molecule has 0 fully saturated rings. The summed E-state index contributed by atoms with van der Waals surface area (Å²) in [6.07, 6.45) is 0. The van der Waals surface area contributed by atoms with Crippen LogP contribution in [0, 0.1) is 6.92 Å². The lowest BCUT2D eigenvalue weighted by molar-refractivity contribution is 0.653. The van der Waals surface area contributed by atoms with Crippen molar-refractivity contribution < 1.29 is 0 Å². The van der Waals surface area contributed by atoms with Crippen molar-refractivity contribution in [3.63, 3.8) is 0 Å². The van der Waals surface area contributed by atoms with Gasteiger partial charge in [0, 0.05) is 5.56 Å². The van der Waals surface area contributed by atoms with Crippen LogP contribution in [0.15, 0.2) is 77.6 Å². The zero-order valence-corrected chi connectivity index (χ0v) is 16.1. The summed E-state index contributed by atoms with van der Waals surface area (Å²) in [5, 5.41) is 7.92. The Morgan fingerprint density at radius 3 is 2.54 bits per heavy atom. The lowest BCUT2D eigenvalue weighted by atomic mass is 10.0. The van der Waals surface area contributed by atoms with E-state index in [4.69, 9.17) is 5.10 Å². The number of hydrogen-bond donors (Lipinski definition) is 0. The van der Waals surface area contributed by atoms with Crippen molar-refractivity contribution in [1.82, 2.24) is 14.8 Å². The predicted octanol–water partition coefficient (Wildman–Crippen LogP) is 5.03. The number of aromatic nitrogens is 3. The minimum Gasteiger partial charge on any atom is -0.265 e. The molecule has 0 atom stereocenters. The zero-order valence-electron chi connectivity index (χ0n) is 15.3. The predicted molar refractivity (Wildman–Crippen MR) is 115 cm³/mol. The molecule has 28 heavy (non-hydrogen) atoms. The van der Waals surface area contributed by atoms with Crippen molar-refractivity contribution in [3.8, 4) is 11.3 Å². The number of thiazole rings is 1. The van der Waals surface area contributed by atoms with Crippen molar-refractivity contribution in [1.29, 1.82) is 0 Å². The molecular weight excluding hydrogens is 366 g/mol. The molecule has 2 aromatic heterocycles. The second-order valence-electron chi connectivity index (χ2n) is 6.73. The molecule has 0 saturated heterocycles. The highest BCUT2D eigenvalue weighted by molar-refractivity contribution is 7.19. The van der Waals surface area contributed by atoms with Gasteiger partial charge < -0.3 is 0 Å². The first-order valence-corrected chi connectivity index (χ1v) is 9.93. The molecule has 4 nitrogen and oxygen atoms in total. The first-order valence-electron chi connectivity index (χ1n) is 9.11. The van der Waals surface area contributed by atoms with E-state index in [9.17, 15) is 4.79 Å². The molecule has 0 unspecified atom stereocenters. The average molecular weight is 383 g/mol. The first-order chi connectivity index (χ1) is 13.7. The summed E-state index contributed by atoms with van der Waals surface area (Å²) in [5.74, 6) is 0. The molecule has 0 aliphatic rings. The molecule has 0 saturated carbocycles. The van der Waals surface area contributed by atoms with Crippen LogP contribution < -0.4 is 5.56 Å². The standard InChI is InChI=1S/C23H17N3OS/c1-15-24-21-22(28-15)20(17-9-3-2-4-10-17)25-26(23(21)27)14-18-12-7-11-16-8-5-6-13-19(16)18/h2-13H,14H2,1H3. The maximum absolute atomic E-state index is 13.1. The quantitative estimate of drug-likeness (QED) is 0.439. The zero-order chi connectivity index (χ0) is 19.1. The number of nitrogens with zero attached hydrogens (tertiary/aromatic N) is 3. The minimum absolute atomic E-state index is 0.146. The van der Waals surface area contributed by atoms with Gasteiger partial charge in [0.05, 0.1) is 16.3 Å². The SMILES string of the molecule is Cc1nc2c(=O)n(Cc3cccc4ccccc34)nc(-c3ccccc3)c2s1. The fourth-order valence-corrected chi connectivity index (χ4v) is 4.47. The normalized spacial score (nSPS) is 11.3. The van der Waals surface area contributed by atoms with Gasteiger partial charge in [0.15, 0.2) is 5.52 Å². The summed E-state index contributed by atoms with van der Waals surface area (Å²) >= 11 is 1.52. The molecule has 0 aliphatic heterocycles. The van der Waals surface area contributed by atoms with Crippen LogP contribution in [0.4, 0.5) is 0 Å². The lowest BCUT2D eigenvalue weighted by Crippen LogP contribution is -2.24. The third kappa shape index (κ3) is 2.80. The summed E-state index contributed by atoms with van der Waals surface area (Å²) in [7, 11) is 0. The Labute approximate surface area is 165 Å². The third-order valence-corrected chi connectivity index (χ3v) is 5.83. The minimum atomic E-state index is -0.146. The Kier molecular flexibility index (Phi) is 4.02. The van der Waals surface area contributed by atoms with Gasteiger partial charge in [-0.05, 0) is 23.3 Å². The molecule has 0 spiro atoms. The monoisotopic (exact) mass is 383 g/mol. The van der Waals surface area contributed by atoms with E-state index in [1.165, 1.54) is 11.3 Å². The third-order valence-electron chi connectivity index (χ3n) is 4.85. The van der Waals surface area contributed by atoms with E-state index in [1.54, 1.807) is 4.68 Å². The topological polar surface area (TPSA) is 47.8 Å². The Morgan fingerprint density at radius 1 is 0.929 bits per heavy atom. The Morgan fingerprint density at radius 2 is 1.68 bits per heavy atom. The molecule has 3 aromatic carbocycles. The molecule has 5 heteroatoms. The maximum Gasteiger partial charge on any atom is 0.294 e. The van der Waals surface area contributed by atoms with Gasteiger partial charge in [-0.2, -0.15) is 5.10 Å². The van der Waals surface area contributed by atoms with E-state index in [1.807, 2.05) is 55.5 Å². The Bertz CT molecular complexity index is 1360. The maximum atomic E-state index is 13.1. The van der Waals surface area contributed by atoms with Gasteiger partial charge >= 0.3 is 0 Å². The molecular formula is C23H17N3OS. The van der Waals surface area contributed by atoms with E-state index >= 15 is 0 Å². The summed E-state index contributed by atoms with van der Waals surface area (Å²) < 4.78 is 2.40. The van der Waals surface area contributed by atoms with Gasteiger partial charge in [-0.15, -0.1) is 11.3 Å². The Balaban J connectivity index is 1.74. The van der Waals surface area contributed by atoms with Gasteiger partial charge in [-0.3, -0.25) is 4.79 Å². The summed E-state index contributed by atoms with van der Waals surface area (Å²) in [6.45, 7) is 2.33. The van der Waals surface area contributed by atoms with Crippen LogP contribution >= 0.6 is 11.3 Å². The fourth-order valence-electron chi connectivity index (χ4n) is 3.55. The van der Waals surface area contributed by atoms with Crippen molar-refractivity contribution in [2.24, 2.45) is 0 Å². The number of rotatable bonds is 3. The van der Waals surface area contributed by atoms with E-state index in [-0.39, 0.29) is 5.56 Å². The van der Waals surface area contributed by atoms with Crippen LogP contribution in [0.25, 0.3) is 32.2 Å². The van der Waals surface area contributed by atoms with Gasteiger partial charge in [0.2, 0.25) is 0 Å². The molecule has 2 heterocycles. The first kappa shape index (κ1) is 16.8. The lowest BCUT2D eigenvalue weighted by Gasteiger charge is -2.11. The van der Waals surface area contributed by atoms with Crippen LogP contribution in [0.2, 0.25) is 0 Å². The molecule has 5 aromatic rings. The van der Waals surface area contributed by atoms with Gasteiger partial charge in [-0.1, -0.05) is 72.8 Å². The highest BCUT2D eigenvalue weighted by Gasteiger charge is 2.17. The summed E-state index contributed by atoms with van der Waals surface area (Å²) in [5.41, 5.74) is 3.21.